The first kappa shape index (κ1) is 17.1. The van der Waals surface area contributed by atoms with Crippen LogP contribution < -0.4 is 0 Å². The molecule has 0 aliphatic carbocycles. The first-order chi connectivity index (χ1) is 11.6. The Bertz CT molecular complexity index is 747. The molecule has 2 aromatic rings. The molecule has 0 aromatic heterocycles. The smallest absolute Gasteiger partial charge is 0.214 e. The van der Waals surface area contributed by atoms with E-state index < -0.39 is 10.0 Å². The lowest BCUT2D eigenvalue weighted by Gasteiger charge is -2.38. The highest BCUT2D eigenvalue weighted by Crippen LogP contribution is 2.30. The Morgan fingerprint density at radius 3 is 2.33 bits per heavy atom. The predicted molar refractivity (Wildman–Crippen MR) is 95.2 cm³/mol. The summed E-state index contributed by atoms with van der Waals surface area (Å²) in [7, 11) is -3.32. The van der Waals surface area contributed by atoms with E-state index in [1.807, 2.05) is 67.6 Å². The lowest BCUT2D eigenvalue weighted by molar-refractivity contribution is -0.0361. The Labute approximate surface area is 144 Å². The highest BCUT2D eigenvalue weighted by atomic mass is 32.2. The number of sulfonamides is 1. The zero-order chi connectivity index (χ0) is 17.0. The summed E-state index contributed by atoms with van der Waals surface area (Å²) < 4.78 is 33.1. The Balaban J connectivity index is 1.72. The minimum Gasteiger partial charge on any atom is -0.370 e. The third-order valence-corrected chi connectivity index (χ3v) is 6.43. The summed E-state index contributed by atoms with van der Waals surface area (Å²) in [6.45, 7) is 2.77. The topological polar surface area (TPSA) is 46.6 Å². The van der Waals surface area contributed by atoms with Crippen molar-refractivity contribution in [2.45, 2.75) is 25.5 Å². The Morgan fingerprint density at radius 2 is 1.67 bits per heavy atom. The maximum Gasteiger partial charge on any atom is 0.214 e. The molecule has 0 spiro atoms. The fraction of sp³-hybridized carbons (Fsp3) is 0.368. The van der Waals surface area contributed by atoms with Crippen LogP contribution in [0.15, 0.2) is 60.7 Å². The van der Waals surface area contributed by atoms with Gasteiger partial charge in [-0.05, 0) is 24.5 Å². The molecule has 4 nitrogen and oxygen atoms in total. The molecule has 0 bridgehead atoms. The van der Waals surface area contributed by atoms with Crippen LogP contribution in [0.4, 0.5) is 0 Å². The number of hydrogen-bond donors (Lipinski definition) is 0. The maximum atomic E-state index is 12.8. The molecule has 0 radical (unpaired) electrons. The highest BCUT2D eigenvalue weighted by molar-refractivity contribution is 7.89. The number of ether oxygens (including phenoxy) is 1. The van der Waals surface area contributed by atoms with Gasteiger partial charge in [0.1, 0.15) is 0 Å². The molecular formula is C19H23NO3S. The number of rotatable bonds is 5. The van der Waals surface area contributed by atoms with E-state index in [4.69, 9.17) is 4.74 Å². The van der Waals surface area contributed by atoms with Crippen molar-refractivity contribution < 1.29 is 13.2 Å². The minimum absolute atomic E-state index is 0.128. The maximum absolute atomic E-state index is 12.8. The van der Waals surface area contributed by atoms with Gasteiger partial charge in [-0.15, -0.1) is 0 Å². The van der Waals surface area contributed by atoms with Crippen LogP contribution >= 0.6 is 0 Å². The number of hydrogen-bond acceptors (Lipinski definition) is 3. The van der Waals surface area contributed by atoms with Crippen LogP contribution in [0.5, 0.6) is 0 Å². The normalized spacial score (nSPS) is 22.4. The van der Waals surface area contributed by atoms with Gasteiger partial charge in [0.05, 0.1) is 24.5 Å². The fourth-order valence-corrected chi connectivity index (χ4v) is 4.88. The van der Waals surface area contributed by atoms with Gasteiger partial charge in [-0.1, -0.05) is 60.7 Å². The molecule has 0 amide bonds. The largest absolute Gasteiger partial charge is 0.370 e. The molecule has 2 atom stereocenters. The molecule has 0 N–H and O–H groups in total. The Hall–Kier alpha value is -1.69. The van der Waals surface area contributed by atoms with Gasteiger partial charge in [0.2, 0.25) is 10.0 Å². The van der Waals surface area contributed by atoms with E-state index in [0.717, 1.165) is 11.1 Å². The molecule has 2 unspecified atom stereocenters. The molecular weight excluding hydrogens is 322 g/mol. The minimum atomic E-state index is -3.32. The molecule has 24 heavy (non-hydrogen) atoms. The van der Waals surface area contributed by atoms with Gasteiger partial charge in [-0.3, -0.25) is 0 Å². The van der Waals surface area contributed by atoms with Crippen LogP contribution in [-0.4, -0.2) is 37.7 Å². The zero-order valence-electron chi connectivity index (χ0n) is 13.8. The van der Waals surface area contributed by atoms with Gasteiger partial charge < -0.3 is 4.74 Å². The van der Waals surface area contributed by atoms with E-state index in [-0.39, 0.29) is 17.9 Å². The summed E-state index contributed by atoms with van der Waals surface area (Å²) in [6.07, 6.45) is 0.315. The van der Waals surface area contributed by atoms with Gasteiger partial charge in [0, 0.05) is 6.54 Å². The molecule has 1 fully saturated rings. The SMILES string of the molecule is CC1C(c2ccccc2)OCCN1S(=O)(=O)CCc1ccccc1. The summed E-state index contributed by atoms with van der Waals surface area (Å²) in [5.41, 5.74) is 2.06. The Kier molecular flexibility index (Phi) is 5.33. The molecule has 1 aliphatic rings. The molecule has 2 aromatic carbocycles. The molecule has 128 valence electrons. The lowest BCUT2D eigenvalue weighted by Crippen LogP contribution is -2.49. The number of morpholine rings is 1. The summed E-state index contributed by atoms with van der Waals surface area (Å²) in [5, 5.41) is 0. The first-order valence-electron chi connectivity index (χ1n) is 8.28. The fourth-order valence-electron chi connectivity index (χ4n) is 3.18. The number of aryl methyl sites for hydroxylation is 1. The van der Waals surface area contributed by atoms with E-state index in [2.05, 4.69) is 0 Å². The van der Waals surface area contributed by atoms with Gasteiger partial charge in [-0.2, -0.15) is 4.31 Å². The van der Waals surface area contributed by atoms with Crippen molar-refractivity contribution in [1.82, 2.24) is 4.31 Å². The number of benzene rings is 2. The molecule has 0 saturated carbocycles. The van der Waals surface area contributed by atoms with E-state index in [1.165, 1.54) is 0 Å². The van der Waals surface area contributed by atoms with E-state index in [0.29, 0.717) is 19.6 Å². The lowest BCUT2D eigenvalue weighted by atomic mass is 10.0. The van der Waals surface area contributed by atoms with Crippen molar-refractivity contribution in [3.63, 3.8) is 0 Å². The number of nitrogens with zero attached hydrogens (tertiary/aromatic N) is 1. The van der Waals surface area contributed by atoms with E-state index in [1.54, 1.807) is 4.31 Å². The van der Waals surface area contributed by atoms with Gasteiger partial charge in [-0.25, -0.2) is 8.42 Å². The molecule has 1 saturated heterocycles. The van der Waals surface area contributed by atoms with E-state index in [9.17, 15) is 8.42 Å². The summed E-state index contributed by atoms with van der Waals surface area (Å²) in [6, 6.07) is 19.4. The zero-order valence-corrected chi connectivity index (χ0v) is 14.7. The summed E-state index contributed by atoms with van der Waals surface area (Å²) in [4.78, 5) is 0. The standard InChI is InChI=1S/C19H23NO3S/c1-16-19(18-10-6-3-7-11-18)23-14-13-20(16)24(21,22)15-12-17-8-4-2-5-9-17/h2-11,16,19H,12-15H2,1H3. The summed E-state index contributed by atoms with van der Waals surface area (Å²) >= 11 is 0. The first-order valence-corrected chi connectivity index (χ1v) is 9.89. The summed E-state index contributed by atoms with van der Waals surface area (Å²) in [5.74, 6) is 0.128. The quantitative estimate of drug-likeness (QED) is 0.837. The molecule has 3 rings (SSSR count). The van der Waals surface area contributed by atoms with E-state index >= 15 is 0 Å². The molecule has 1 heterocycles. The second-order valence-corrected chi connectivity index (χ2v) is 8.15. The average Bonchev–Trinajstić information content (AvgIpc) is 2.62. The van der Waals surface area contributed by atoms with Gasteiger partial charge >= 0.3 is 0 Å². The van der Waals surface area contributed by atoms with Crippen LogP contribution in [0.25, 0.3) is 0 Å². The highest BCUT2D eigenvalue weighted by Gasteiger charge is 2.36. The second kappa shape index (κ2) is 7.47. The van der Waals surface area contributed by atoms with Gasteiger partial charge in [0.25, 0.3) is 0 Å². The average molecular weight is 345 g/mol. The van der Waals surface area contributed by atoms with Crippen molar-refractivity contribution in [2.75, 3.05) is 18.9 Å². The van der Waals surface area contributed by atoms with Crippen LogP contribution in [0, 0.1) is 0 Å². The van der Waals surface area contributed by atoms with Crippen LogP contribution in [0.1, 0.15) is 24.2 Å². The third kappa shape index (κ3) is 3.86. The van der Waals surface area contributed by atoms with Crippen molar-refractivity contribution in [2.24, 2.45) is 0 Å². The van der Waals surface area contributed by atoms with Gasteiger partial charge in [0.15, 0.2) is 0 Å². The van der Waals surface area contributed by atoms with Crippen LogP contribution in [0.2, 0.25) is 0 Å². The molecule has 1 aliphatic heterocycles. The van der Waals surface area contributed by atoms with Crippen molar-refractivity contribution >= 4 is 10.0 Å². The monoisotopic (exact) mass is 345 g/mol. The second-order valence-electron chi connectivity index (χ2n) is 6.11. The third-order valence-electron chi connectivity index (χ3n) is 4.48. The van der Waals surface area contributed by atoms with Crippen molar-refractivity contribution in [1.29, 1.82) is 0 Å². The predicted octanol–water partition coefficient (Wildman–Crippen LogP) is 3.02. The van der Waals surface area contributed by atoms with Crippen molar-refractivity contribution in [3.05, 3.63) is 71.8 Å². The van der Waals surface area contributed by atoms with Crippen LogP contribution in [-0.2, 0) is 21.2 Å². The van der Waals surface area contributed by atoms with Crippen molar-refractivity contribution in [3.8, 4) is 0 Å². The Morgan fingerprint density at radius 1 is 1.04 bits per heavy atom. The van der Waals surface area contributed by atoms with Crippen LogP contribution in [0.3, 0.4) is 0 Å². The molecule has 5 heteroatoms.